The van der Waals surface area contributed by atoms with Crippen molar-refractivity contribution in [3.8, 4) is 0 Å². The summed E-state index contributed by atoms with van der Waals surface area (Å²) in [5.41, 5.74) is -0.431. The maximum atomic E-state index is 12.4. The van der Waals surface area contributed by atoms with Gasteiger partial charge >= 0.3 is 6.18 Å². The van der Waals surface area contributed by atoms with E-state index in [0.717, 1.165) is 25.2 Å². The third-order valence-corrected chi connectivity index (χ3v) is 3.25. The Morgan fingerprint density at radius 1 is 1.05 bits per heavy atom. The van der Waals surface area contributed by atoms with Gasteiger partial charge in [0.15, 0.2) is 0 Å². The number of rotatable bonds is 1. The van der Waals surface area contributed by atoms with Gasteiger partial charge in [-0.3, -0.25) is 4.79 Å². The summed E-state index contributed by atoms with van der Waals surface area (Å²) in [7, 11) is 1.97. The maximum Gasteiger partial charge on any atom is 0.416 e. The van der Waals surface area contributed by atoms with Crippen LogP contribution >= 0.6 is 0 Å². The lowest BCUT2D eigenvalue weighted by molar-refractivity contribution is -0.137. The zero-order valence-electron chi connectivity index (χ0n) is 11.0. The lowest BCUT2D eigenvalue weighted by atomic mass is 10.1. The van der Waals surface area contributed by atoms with E-state index in [0.29, 0.717) is 18.7 Å². The Bertz CT molecular complexity index is 454. The number of alkyl halides is 3. The Morgan fingerprint density at radius 2 is 1.55 bits per heavy atom. The first-order valence-corrected chi connectivity index (χ1v) is 6.03. The van der Waals surface area contributed by atoms with Crippen LogP contribution in [0.25, 0.3) is 0 Å². The standard InChI is InChI=1S/C13H15F3N2O.ClH/c1-17-6-8-18(9-7-17)12(19)10-2-4-11(5-3-10)13(14,15)16;/h2-5H,6-9H2,1H3;1H/p-1. The van der Waals surface area contributed by atoms with E-state index in [1.807, 2.05) is 7.05 Å². The van der Waals surface area contributed by atoms with Gasteiger partial charge in [-0.1, -0.05) is 0 Å². The van der Waals surface area contributed by atoms with E-state index in [1.165, 1.54) is 12.1 Å². The molecule has 1 aromatic rings. The first-order valence-electron chi connectivity index (χ1n) is 6.03. The number of amides is 1. The van der Waals surface area contributed by atoms with Crippen LogP contribution in [-0.4, -0.2) is 48.9 Å². The highest BCUT2D eigenvalue weighted by Gasteiger charge is 2.30. The van der Waals surface area contributed by atoms with Gasteiger partial charge in [-0.05, 0) is 31.3 Å². The summed E-state index contributed by atoms with van der Waals surface area (Å²) < 4.78 is 37.3. The molecule has 7 heteroatoms. The number of nitrogens with zero attached hydrogens (tertiary/aromatic N) is 2. The highest BCUT2D eigenvalue weighted by Crippen LogP contribution is 2.29. The van der Waals surface area contributed by atoms with Crippen molar-refractivity contribution < 1.29 is 30.4 Å². The van der Waals surface area contributed by atoms with E-state index in [2.05, 4.69) is 4.90 Å². The van der Waals surface area contributed by atoms with Crippen LogP contribution in [0.15, 0.2) is 24.3 Å². The van der Waals surface area contributed by atoms with Gasteiger partial charge in [0.2, 0.25) is 0 Å². The Labute approximate surface area is 121 Å². The summed E-state index contributed by atoms with van der Waals surface area (Å²) in [6.07, 6.45) is -4.37. The molecule has 2 rings (SSSR count). The topological polar surface area (TPSA) is 23.6 Å². The molecule has 0 unspecified atom stereocenters. The number of hydrogen-bond donors (Lipinski definition) is 0. The van der Waals surface area contributed by atoms with Crippen molar-refractivity contribution >= 4 is 5.91 Å². The molecule has 0 bridgehead atoms. The second-order valence-electron chi connectivity index (χ2n) is 4.67. The zero-order chi connectivity index (χ0) is 14.0. The molecule has 112 valence electrons. The minimum atomic E-state index is -4.37. The first kappa shape index (κ1) is 16.8. The Kier molecular flexibility index (Phi) is 5.42. The predicted molar refractivity (Wildman–Crippen MR) is 64.8 cm³/mol. The van der Waals surface area contributed by atoms with E-state index >= 15 is 0 Å². The molecule has 20 heavy (non-hydrogen) atoms. The molecule has 1 fully saturated rings. The maximum absolute atomic E-state index is 12.4. The molecule has 0 aliphatic carbocycles. The molecule has 3 nitrogen and oxygen atoms in total. The third-order valence-electron chi connectivity index (χ3n) is 3.25. The second-order valence-corrected chi connectivity index (χ2v) is 4.67. The van der Waals surface area contributed by atoms with Crippen LogP contribution in [0.2, 0.25) is 0 Å². The number of carbonyl (C=O) groups is 1. The van der Waals surface area contributed by atoms with E-state index in [-0.39, 0.29) is 18.3 Å². The Morgan fingerprint density at radius 3 is 2.00 bits per heavy atom. The molecule has 0 radical (unpaired) electrons. The van der Waals surface area contributed by atoms with Crippen LogP contribution in [0.3, 0.4) is 0 Å². The van der Waals surface area contributed by atoms with Crippen molar-refractivity contribution in [3.63, 3.8) is 0 Å². The molecule has 0 N–H and O–H groups in total. The van der Waals surface area contributed by atoms with Crippen LogP contribution < -0.4 is 12.4 Å². The minimum absolute atomic E-state index is 0. The van der Waals surface area contributed by atoms with E-state index < -0.39 is 11.7 Å². The van der Waals surface area contributed by atoms with Crippen molar-refractivity contribution in [1.29, 1.82) is 0 Å². The van der Waals surface area contributed by atoms with E-state index in [9.17, 15) is 18.0 Å². The molecule has 0 saturated carbocycles. The monoisotopic (exact) mass is 307 g/mol. The lowest BCUT2D eigenvalue weighted by Gasteiger charge is -2.32. The van der Waals surface area contributed by atoms with Crippen molar-refractivity contribution in [1.82, 2.24) is 9.80 Å². The highest BCUT2D eigenvalue weighted by molar-refractivity contribution is 5.94. The van der Waals surface area contributed by atoms with Crippen LogP contribution in [0, 0.1) is 0 Å². The van der Waals surface area contributed by atoms with Gasteiger partial charge in [0, 0.05) is 31.7 Å². The molecule has 1 amide bonds. The highest BCUT2D eigenvalue weighted by atomic mass is 35.5. The molecule has 0 atom stereocenters. The molecular weight excluding hydrogens is 293 g/mol. The van der Waals surface area contributed by atoms with Crippen molar-refractivity contribution in [3.05, 3.63) is 35.4 Å². The largest absolute Gasteiger partial charge is 1.00 e. The van der Waals surface area contributed by atoms with Crippen LogP contribution in [0.1, 0.15) is 15.9 Å². The predicted octanol–water partition coefficient (Wildman–Crippen LogP) is -0.903. The summed E-state index contributed by atoms with van der Waals surface area (Å²) in [5.74, 6) is -0.207. The quantitative estimate of drug-likeness (QED) is 0.671. The van der Waals surface area contributed by atoms with Crippen LogP contribution in [-0.2, 0) is 6.18 Å². The molecule has 1 aliphatic heterocycles. The number of likely N-dealkylation sites (N-methyl/N-ethyl adjacent to an activating group) is 1. The van der Waals surface area contributed by atoms with Gasteiger partial charge in [0.05, 0.1) is 5.56 Å². The third kappa shape index (κ3) is 3.86. The average Bonchev–Trinajstić information content (AvgIpc) is 2.38. The fourth-order valence-electron chi connectivity index (χ4n) is 1.99. The van der Waals surface area contributed by atoms with Gasteiger partial charge in [-0.25, -0.2) is 0 Å². The summed E-state index contributed by atoms with van der Waals surface area (Å²) in [6, 6.07) is 4.37. The van der Waals surface area contributed by atoms with Crippen LogP contribution in [0.4, 0.5) is 13.2 Å². The number of hydrogen-bond acceptors (Lipinski definition) is 2. The van der Waals surface area contributed by atoms with Gasteiger partial charge in [-0.2, -0.15) is 13.2 Å². The van der Waals surface area contributed by atoms with Gasteiger partial charge in [0.25, 0.3) is 5.91 Å². The molecule has 1 heterocycles. The first-order chi connectivity index (χ1) is 8.88. The van der Waals surface area contributed by atoms with E-state index in [4.69, 9.17) is 0 Å². The van der Waals surface area contributed by atoms with Gasteiger partial charge < -0.3 is 22.2 Å². The molecule has 0 aromatic heterocycles. The SMILES string of the molecule is CN1CCN(C(=O)c2ccc(C(F)(F)F)cc2)CC1.[Cl-]. The number of carbonyl (C=O) groups excluding carboxylic acids is 1. The normalized spacial score (nSPS) is 16.7. The molecule has 1 aromatic carbocycles. The fraction of sp³-hybridized carbons (Fsp3) is 0.462. The fourth-order valence-corrected chi connectivity index (χ4v) is 1.99. The smallest absolute Gasteiger partial charge is 0.416 e. The minimum Gasteiger partial charge on any atom is -1.00 e. The molecule has 1 saturated heterocycles. The van der Waals surface area contributed by atoms with E-state index in [1.54, 1.807) is 4.90 Å². The molecular formula is C13H15ClF3N2O-. The van der Waals surface area contributed by atoms with Crippen molar-refractivity contribution in [2.75, 3.05) is 33.2 Å². The number of halogens is 4. The number of benzene rings is 1. The lowest BCUT2D eigenvalue weighted by Crippen LogP contribution is -3.00. The second kappa shape index (κ2) is 6.45. The summed E-state index contributed by atoms with van der Waals surface area (Å²) in [4.78, 5) is 15.9. The average molecular weight is 308 g/mol. The van der Waals surface area contributed by atoms with Crippen LogP contribution in [0.5, 0.6) is 0 Å². The summed E-state index contributed by atoms with van der Waals surface area (Å²) in [6.45, 7) is 2.78. The van der Waals surface area contributed by atoms with Gasteiger partial charge in [0.1, 0.15) is 0 Å². The molecule has 0 spiro atoms. The summed E-state index contributed by atoms with van der Waals surface area (Å²) in [5, 5.41) is 0. The Balaban J connectivity index is 0.00000200. The molecule has 1 aliphatic rings. The zero-order valence-corrected chi connectivity index (χ0v) is 11.7. The summed E-state index contributed by atoms with van der Waals surface area (Å²) >= 11 is 0. The van der Waals surface area contributed by atoms with Crippen molar-refractivity contribution in [2.24, 2.45) is 0 Å². The van der Waals surface area contributed by atoms with Crippen molar-refractivity contribution in [2.45, 2.75) is 6.18 Å². The Hall–Kier alpha value is -1.27. The number of piperazine rings is 1. The van der Waals surface area contributed by atoms with Gasteiger partial charge in [-0.15, -0.1) is 0 Å².